The molecule has 2 aliphatic heterocycles. The van der Waals surface area contributed by atoms with Gasteiger partial charge in [0.1, 0.15) is 25.1 Å². The molecule has 0 N–H and O–H groups in total. The summed E-state index contributed by atoms with van der Waals surface area (Å²) in [5.74, 6) is 1.28. The molecule has 0 atom stereocenters. The van der Waals surface area contributed by atoms with Crippen LogP contribution in [0, 0.1) is 5.92 Å². The Balaban J connectivity index is 1.51. The van der Waals surface area contributed by atoms with Crippen molar-refractivity contribution in [1.82, 2.24) is 4.90 Å². The van der Waals surface area contributed by atoms with Gasteiger partial charge in [-0.2, -0.15) is 0 Å². The van der Waals surface area contributed by atoms with Gasteiger partial charge in [0.15, 0.2) is 0 Å². The third kappa shape index (κ3) is 5.61. The van der Waals surface area contributed by atoms with Gasteiger partial charge in [0, 0.05) is 19.2 Å². The third-order valence-corrected chi connectivity index (χ3v) is 5.71. The number of nitrogens with zero attached hydrogens (tertiary/aromatic N) is 1. The fraction of sp³-hybridized carbons (Fsp3) is 0.550. The van der Waals surface area contributed by atoms with Crippen molar-refractivity contribution in [3.63, 3.8) is 0 Å². The Kier molecular flexibility index (Phi) is 7.41. The van der Waals surface area contributed by atoms with E-state index in [1.807, 2.05) is 11.0 Å². The van der Waals surface area contributed by atoms with Crippen LogP contribution < -0.4 is 4.74 Å². The summed E-state index contributed by atoms with van der Waals surface area (Å²) in [5.41, 5.74) is 1.05. The van der Waals surface area contributed by atoms with Crippen molar-refractivity contribution in [2.75, 3.05) is 39.5 Å². The zero-order valence-electron chi connectivity index (χ0n) is 15.3. The number of piperidine rings is 1. The minimum absolute atomic E-state index is 0.0601. The number of carbonyl (C=O) groups excluding carboxylic acids is 1. The fourth-order valence-electron chi connectivity index (χ4n) is 3.30. The van der Waals surface area contributed by atoms with E-state index in [2.05, 4.69) is 6.58 Å². The van der Waals surface area contributed by atoms with Gasteiger partial charge in [-0.15, -0.1) is 0 Å². The molecule has 0 aliphatic carbocycles. The highest BCUT2D eigenvalue weighted by Crippen LogP contribution is 2.34. The molecule has 148 valence electrons. The van der Waals surface area contributed by atoms with Crippen molar-refractivity contribution >= 4 is 29.1 Å². The first kappa shape index (κ1) is 20.5. The summed E-state index contributed by atoms with van der Waals surface area (Å²) in [6, 6.07) is 3.65. The van der Waals surface area contributed by atoms with Crippen LogP contribution in [0.5, 0.6) is 5.75 Å². The molecule has 3 rings (SSSR count). The minimum Gasteiger partial charge on any atom is -0.489 e. The van der Waals surface area contributed by atoms with Crippen molar-refractivity contribution in [3.8, 4) is 5.75 Å². The quantitative estimate of drug-likeness (QED) is 0.608. The largest absolute Gasteiger partial charge is 0.489 e. The highest BCUT2D eigenvalue weighted by molar-refractivity contribution is 6.42. The van der Waals surface area contributed by atoms with E-state index in [4.69, 9.17) is 37.4 Å². The number of amides is 1. The lowest BCUT2D eigenvalue weighted by molar-refractivity contribution is -0.156. The lowest BCUT2D eigenvalue weighted by Crippen LogP contribution is -2.43. The summed E-state index contributed by atoms with van der Waals surface area (Å²) < 4.78 is 16.3. The molecule has 2 aliphatic rings. The second kappa shape index (κ2) is 9.78. The van der Waals surface area contributed by atoms with E-state index in [0.29, 0.717) is 35.8 Å². The highest BCUT2D eigenvalue weighted by Gasteiger charge is 2.26. The maximum absolute atomic E-state index is 12.3. The normalized spacial score (nSPS) is 18.2. The van der Waals surface area contributed by atoms with Crippen molar-refractivity contribution in [2.45, 2.75) is 25.4 Å². The summed E-state index contributed by atoms with van der Waals surface area (Å²) in [7, 11) is 0. The molecule has 0 spiro atoms. The molecule has 7 heteroatoms. The van der Waals surface area contributed by atoms with E-state index in [0.717, 1.165) is 43.7 Å². The van der Waals surface area contributed by atoms with Gasteiger partial charge in [0.2, 0.25) is 5.91 Å². The number of halogens is 2. The van der Waals surface area contributed by atoms with Crippen LogP contribution in [-0.2, 0) is 20.7 Å². The minimum atomic E-state index is 0.0601. The second-order valence-electron chi connectivity index (χ2n) is 6.97. The molecule has 2 fully saturated rings. The summed E-state index contributed by atoms with van der Waals surface area (Å²) in [5, 5.41) is 1.01. The van der Waals surface area contributed by atoms with E-state index in [-0.39, 0.29) is 18.6 Å². The van der Waals surface area contributed by atoms with Crippen LogP contribution in [0.25, 0.3) is 0 Å². The van der Waals surface area contributed by atoms with Gasteiger partial charge >= 0.3 is 0 Å². The fourth-order valence-corrected chi connectivity index (χ4v) is 3.64. The zero-order valence-corrected chi connectivity index (χ0v) is 16.8. The molecule has 1 aromatic carbocycles. The monoisotopic (exact) mass is 413 g/mol. The van der Waals surface area contributed by atoms with Crippen molar-refractivity contribution in [3.05, 3.63) is 40.4 Å². The number of benzene rings is 1. The van der Waals surface area contributed by atoms with Gasteiger partial charge in [-0.05, 0) is 36.8 Å². The average molecular weight is 414 g/mol. The predicted octanol–water partition coefficient (Wildman–Crippen LogP) is 3.75. The van der Waals surface area contributed by atoms with Crippen LogP contribution in [0.3, 0.4) is 0 Å². The van der Waals surface area contributed by atoms with E-state index >= 15 is 0 Å². The smallest absolute Gasteiger partial charge is 0.248 e. The van der Waals surface area contributed by atoms with Gasteiger partial charge in [-0.3, -0.25) is 4.79 Å². The number of hydrogen-bond donors (Lipinski definition) is 0. The van der Waals surface area contributed by atoms with Crippen LogP contribution in [0.4, 0.5) is 0 Å². The number of likely N-dealkylation sites (tertiary alicyclic amines) is 1. The Bertz CT molecular complexity index is 670. The summed E-state index contributed by atoms with van der Waals surface area (Å²) >= 11 is 12.3. The Morgan fingerprint density at radius 3 is 2.59 bits per heavy atom. The molecule has 2 saturated heterocycles. The molecule has 2 heterocycles. The van der Waals surface area contributed by atoms with Crippen LogP contribution >= 0.6 is 23.2 Å². The molecular weight excluding hydrogens is 389 g/mol. The molecule has 0 aromatic heterocycles. The molecule has 0 bridgehead atoms. The SMILES string of the molecule is C=CCOc1cc(Cl)c(Cl)cc1CC1CCN(C(=O)COC2COC2)CC1. The molecule has 1 aromatic rings. The van der Waals surface area contributed by atoms with Gasteiger partial charge in [0.25, 0.3) is 0 Å². The van der Waals surface area contributed by atoms with Gasteiger partial charge in [-0.1, -0.05) is 35.9 Å². The Morgan fingerprint density at radius 2 is 1.96 bits per heavy atom. The van der Waals surface area contributed by atoms with Gasteiger partial charge in [-0.25, -0.2) is 0 Å². The summed E-state index contributed by atoms with van der Waals surface area (Å²) in [6.45, 7) is 6.93. The Morgan fingerprint density at radius 1 is 1.26 bits per heavy atom. The first-order chi connectivity index (χ1) is 13.1. The lowest BCUT2D eigenvalue weighted by atomic mass is 9.89. The number of rotatable bonds is 8. The lowest BCUT2D eigenvalue weighted by Gasteiger charge is -2.33. The van der Waals surface area contributed by atoms with Crippen molar-refractivity contribution in [1.29, 1.82) is 0 Å². The topological polar surface area (TPSA) is 48.0 Å². The summed E-state index contributed by atoms with van der Waals surface area (Å²) in [4.78, 5) is 14.1. The van der Waals surface area contributed by atoms with E-state index in [1.165, 1.54) is 0 Å². The van der Waals surface area contributed by atoms with Crippen LogP contribution in [0.2, 0.25) is 10.0 Å². The highest BCUT2D eigenvalue weighted by atomic mass is 35.5. The van der Waals surface area contributed by atoms with Gasteiger partial charge in [0.05, 0.1) is 23.3 Å². The second-order valence-corrected chi connectivity index (χ2v) is 7.79. The zero-order chi connectivity index (χ0) is 19.2. The molecule has 0 saturated carbocycles. The van der Waals surface area contributed by atoms with Gasteiger partial charge < -0.3 is 19.1 Å². The molecule has 0 unspecified atom stereocenters. The maximum atomic E-state index is 12.3. The number of hydrogen-bond acceptors (Lipinski definition) is 4. The molecule has 27 heavy (non-hydrogen) atoms. The van der Waals surface area contributed by atoms with Crippen molar-refractivity contribution in [2.24, 2.45) is 5.92 Å². The number of carbonyl (C=O) groups is 1. The molecule has 0 radical (unpaired) electrons. The van der Waals surface area contributed by atoms with Crippen LogP contribution in [0.1, 0.15) is 18.4 Å². The first-order valence-corrected chi connectivity index (χ1v) is 10.0. The van der Waals surface area contributed by atoms with Crippen molar-refractivity contribution < 1.29 is 19.0 Å². The maximum Gasteiger partial charge on any atom is 0.248 e. The molecule has 5 nitrogen and oxygen atoms in total. The molecule has 1 amide bonds. The summed E-state index contributed by atoms with van der Waals surface area (Å²) in [6.07, 6.45) is 4.52. The third-order valence-electron chi connectivity index (χ3n) is 4.99. The van der Waals surface area contributed by atoms with E-state index in [9.17, 15) is 4.79 Å². The standard InChI is InChI=1S/C20H25Cl2NO4/c1-2-7-26-19-10-18(22)17(21)9-15(19)8-14-3-5-23(6-4-14)20(24)13-27-16-11-25-12-16/h2,9-10,14,16H,1,3-8,11-13H2. The molecular formula is C20H25Cl2NO4. The van der Waals surface area contributed by atoms with Crippen LogP contribution in [0.15, 0.2) is 24.8 Å². The van der Waals surface area contributed by atoms with E-state index < -0.39 is 0 Å². The Hall–Kier alpha value is -1.27. The Labute approximate surface area is 170 Å². The predicted molar refractivity (Wildman–Crippen MR) is 106 cm³/mol. The van der Waals surface area contributed by atoms with Crippen LogP contribution in [-0.4, -0.2) is 56.4 Å². The number of ether oxygens (including phenoxy) is 3. The first-order valence-electron chi connectivity index (χ1n) is 9.25. The van der Waals surface area contributed by atoms with E-state index in [1.54, 1.807) is 12.1 Å². The average Bonchev–Trinajstić information content (AvgIpc) is 2.62.